The van der Waals surface area contributed by atoms with Gasteiger partial charge in [-0.05, 0) is 45.6 Å². The molecule has 1 heterocycles. The summed E-state index contributed by atoms with van der Waals surface area (Å²) in [6.45, 7) is 9.13. The third-order valence-corrected chi connectivity index (χ3v) is 4.56. The quantitative estimate of drug-likeness (QED) is 0.753. The highest BCUT2D eigenvalue weighted by Gasteiger charge is 2.33. The smallest absolute Gasteiger partial charge is 0.307 e. The number of benzene rings is 1. The summed E-state index contributed by atoms with van der Waals surface area (Å²) in [6, 6.07) is 10.4. The summed E-state index contributed by atoms with van der Waals surface area (Å²) >= 11 is 0. The molecule has 2 unspecified atom stereocenters. The number of ether oxygens (including phenoxy) is 1. The van der Waals surface area contributed by atoms with E-state index in [2.05, 4.69) is 19.1 Å². The van der Waals surface area contributed by atoms with Crippen LogP contribution in [0.4, 0.5) is 0 Å². The van der Waals surface area contributed by atoms with Crippen LogP contribution in [0.25, 0.3) is 0 Å². The molecule has 1 aliphatic rings. The average Bonchev–Trinajstić information content (AvgIpc) is 2.68. The number of likely N-dealkylation sites (tertiary alicyclic amines) is 1. The topological polar surface area (TPSA) is 46.6 Å². The molecular weight excluding hydrogens is 314 g/mol. The summed E-state index contributed by atoms with van der Waals surface area (Å²) in [6.07, 6.45) is 2.76. The molecule has 25 heavy (non-hydrogen) atoms. The number of carbonyl (C=O) groups is 2. The van der Waals surface area contributed by atoms with Crippen LogP contribution in [0.2, 0.25) is 0 Å². The van der Waals surface area contributed by atoms with E-state index in [-0.39, 0.29) is 24.2 Å². The van der Waals surface area contributed by atoms with Gasteiger partial charge < -0.3 is 9.64 Å². The van der Waals surface area contributed by atoms with Gasteiger partial charge in [-0.25, -0.2) is 0 Å². The molecule has 0 aliphatic carbocycles. The Hall–Kier alpha value is -1.84. The van der Waals surface area contributed by atoms with E-state index >= 15 is 0 Å². The van der Waals surface area contributed by atoms with E-state index in [1.165, 1.54) is 5.56 Å². The Morgan fingerprint density at radius 1 is 1.20 bits per heavy atom. The highest BCUT2D eigenvalue weighted by molar-refractivity contribution is 5.84. The van der Waals surface area contributed by atoms with Crippen molar-refractivity contribution < 1.29 is 14.3 Å². The molecule has 1 amide bonds. The Morgan fingerprint density at radius 2 is 1.88 bits per heavy atom. The molecule has 0 spiro atoms. The van der Waals surface area contributed by atoms with Gasteiger partial charge in [0, 0.05) is 24.9 Å². The maximum Gasteiger partial charge on any atom is 0.307 e. The minimum atomic E-state index is -0.513. The molecule has 1 aromatic carbocycles. The highest BCUT2D eigenvalue weighted by atomic mass is 16.6. The fourth-order valence-electron chi connectivity index (χ4n) is 3.47. The Balaban J connectivity index is 2.11. The van der Waals surface area contributed by atoms with Crippen LogP contribution in [0, 0.1) is 5.92 Å². The molecule has 2 atom stereocenters. The molecule has 0 N–H and O–H groups in total. The van der Waals surface area contributed by atoms with Crippen molar-refractivity contribution in [3.63, 3.8) is 0 Å². The van der Waals surface area contributed by atoms with Gasteiger partial charge in [-0.1, -0.05) is 37.3 Å². The second-order valence-electron chi connectivity index (χ2n) is 7.96. The standard InChI is InChI=1S/C21H31NO3/c1-5-13-22-15-18(16-9-7-6-8-10-16)12-11-17(20(22)24)14-19(23)25-21(2,3)4/h6-10,17-18H,5,11-15H2,1-4H3. The number of hydrogen-bond acceptors (Lipinski definition) is 3. The lowest BCUT2D eigenvalue weighted by Gasteiger charge is -2.26. The van der Waals surface area contributed by atoms with Crippen molar-refractivity contribution in [2.45, 2.75) is 64.9 Å². The van der Waals surface area contributed by atoms with Gasteiger partial charge in [-0.3, -0.25) is 9.59 Å². The van der Waals surface area contributed by atoms with Crippen molar-refractivity contribution >= 4 is 11.9 Å². The van der Waals surface area contributed by atoms with Gasteiger partial charge in [0.15, 0.2) is 0 Å². The van der Waals surface area contributed by atoms with Crippen molar-refractivity contribution in [2.24, 2.45) is 5.92 Å². The van der Waals surface area contributed by atoms with Gasteiger partial charge in [0.1, 0.15) is 5.60 Å². The molecule has 1 aromatic rings. The van der Waals surface area contributed by atoms with Gasteiger partial charge in [-0.2, -0.15) is 0 Å². The highest BCUT2D eigenvalue weighted by Crippen LogP contribution is 2.31. The van der Waals surface area contributed by atoms with Crippen LogP contribution in [0.15, 0.2) is 30.3 Å². The summed E-state index contributed by atoms with van der Waals surface area (Å²) in [5.41, 5.74) is 0.759. The second-order valence-corrected chi connectivity index (χ2v) is 7.96. The minimum absolute atomic E-state index is 0.103. The monoisotopic (exact) mass is 345 g/mol. The molecule has 2 rings (SSSR count). The fraction of sp³-hybridized carbons (Fsp3) is 0.619. The van der Waals surface area contributed by atoms with Gasteiger partial charge in [0.25, 0.3) is 0 Å². The Labute approximate surface area is 151 Å². The van der Waals surface area contributed by atoms with Crippen LogP contribution >= 0.6 is 0 Å². The van der Waals surface area contributed by atoms with E-state index in [9.17, 15) is 9.59 Å². The molecule has 0 bridgehead atoms. The third-order valence-electron chi connectivity index (χ3n) is 4.56. The lowest BCUT2D eigenvalue weighted by molar-refractivity contribution is -0.158. The largest absolute Gasteiger partial charge is 0.460 e. The van der Waals surface area contributed by atoms with E-state index in [1.807, 2.05) is 43.9 Å². The minimum Gasteiger partial charge on any atom is -0.460 e. The summed E-state index contributed by atoms with van der Waals surface area (Å²) in [4.78, 5) is 27.1. The van der Waals surface area contributed by atoms with E-state index in [1.54, 1.807) is 0 Å². The first-order chi connectivity index (χ1) is 11.8. The van der Waals surface area contributed by atoms with Gasteiger partial charge in [0.2, 0.25) is 5.91 Å². The zero-order chi connectivity index (χ0) is 18.4. The molecule has 0 aromatic heterocycles. The zero-order valence-corrected chi connectivity index (χ0v) is 16.0. The molecule has 1 aliphatic heterocycles. The molecule has 138 valence electrons. The van der Waals surface area contributed by atoms with Crippen LogP contribution in [0.5, 0.6) is 0 Å². The Morgan fingerprint density at radius 3 is 2.48 bits per heavy atom. The summed E-state index contributed by atoms with van der Waals surface area (Å²) in [5, 5.41) is 0. The molecule has 4 nitrogen and oxygen atoms in total. The molecule has 0 saturated carbocycles. The predicted octanol–water partition coefficient (Wildman–Crippen LogP) is 4.15. The lowest BCUT2D eigenvalue weighted by atomic mass is 9.91. The maximum atomic E-state index is 12.9. The van der Waals surface area contributed by atoms with Gasteiger partial charge in [0.05, 0.1) is 6.42 Å². The normalized spacial score (nSPS) is 21.8. The van der Waals surface area contributed by atoms with Crippen LogP contribution < -0.4 is 0 Å². The molecule has 0 radical (unpaired) electrons. The number of esters is 1. The summed E-state index contributed by atoms with van der Waals surface area (Å²) < 4.78 is 5.43. The van der Waals surface area contributed by atoms with Gasteiger partial charge in [-0.15, -0.1) is 0 Å². The molecule has 1 saturated heterocycles. The predicted molar refractivity (Wildman–Crippen MR) is 99.2 cm³/mol. The Bertz CT molecular complexity index is 577. The molecule has 4 heteroatoms. The summed E-state index contributed by atoms with van der Waals surface area (Å²) in [5.74, 6) is -0.109. The van der Waals surface area contributed by atoms with Crippen molar-refractivity contribution in [3.05, 3.63) is 35.9 Å². The maximum absolute atomic E-state index is 12.9. The van der Waals surface area contributed by atoms with Crippen molar-refractivity contribution in [3.8, 4) is 0 Å². The SMILES string of the molecule is CCCN1CC(c2ccccc2)CCC(CC(=O)OC(C)(C)C)C1=O. The third kappa shape index (κ3) is 5.87. The van der Waals surface area contributed by atoms with E-state index in [4.69, 9.17) is 4.74 Å². The number of amides is 1. The van der Waals surface area contributed by atoms with Crippen molar-refractivity contribution in [2.75, 3.05) is 13.1 Å². The summed E-state index contributed by atoms with van der Waals surface area (Å²) in [7, 11) is 0. The van der Waals surface area contributed by atoms with Crippen molar-refractivity contribution in [1.29, 1.82) is 0 Å². The number of nitrogens with zero attached hydrogens (tertiary/aromatic N) is 1. The lowest BCUT2D eigenvalue weighted by Crippen LogP contribution is -2.38. The second kappa shape index (κ2) is 8.50. The first-order valence-electron chi connectivity index (χ1n) is 9.35. The first kappa shape index (κ1) is 19.5. The first-order valence-corrected chi connectivity index (χ1v) is 9.35. The number of hydrogen-bond donors (Lipinski definition) is 0. The van der Waals surface area contributed by atoms with E-state index < -0.39 is 5.60 Å². The fourth-order valence-corrected chi connectivity index (χ4v) is 3.47. The van der Waals surface area contributed by atoms with E-state index in [0.717, 1.165) is 32.4 Å². The van der Waals surface area contributed by atoms with Crippen LogP contribution in [0.3, 0.4) is 0 Å². The van der Waals surface area contributed by atoms with Gasteiger partial charge >= 0.3 is 5.97 Å². The van der Waals surface area contributed by atoms with Crippen molar-refractivity contribution in [1.82, 2.24) is 4.90 Å². The van der Waals surface area contributed by atoms with Crippen LogP contribution in [0.1, 0.15) is 64.9 Å². The molecule has 1 fully saturated rings. The average molecular weight is 345 g/mol. The number of carbonyl (C=O) groups excluding carboxylic acids is 2. The van der Waals surface area contributed by atoms with Crippen LogP contribution in [-0.4, -0.2) is 35.5 Å². The molecular formula is C21H31NO3. The number of rotatable bonds is 5. The van der Waals surface area contributed by atoms with Crippen LogP contribution in [-0.2, 0) is 14.3 Å². The zero-order valence-electron chi connectivity index (χ0n) is 16.0. The Kier molecular flexibility index (Phi) is 6.63. The van der Waals surface area contributed by atoms with E-state index in [0.29, 0.717) is 5.92 Å².